The summed E-state index contributed by atoms with van der Waals surface area (Å²) in [6, 6.07) is 15.7. The van der Waals surface area contributed by atoms with Crippen molar-refractivity contribution in [3.05, 3.63) is 71.3 Å². The van der Waals surface area contributed by atoms with Crippen LogP contribution < -0.4 is 0 Å². The minimum atomic E-state index is -1.14. The first-order valence-corrected chi connectivity index (χ1v) is 8.01. The number of Topliss-reactive ketones (excluding diaryl/α,β-unsaturated/α-hetero) is 1. The fraction of sp³-hybridized carbons (Fsp3) is 0.250. The second-order valence-corrected chi connectivity index (χ2v) is 5.44. The molecule has 130 valence electrons. The lowest BCUT2D eigenvalue weighted by atomic mass is 9.91. The number of hydrogen-bond donors (Lipinski definition) is 0. The molecule has 1 unspecified atom stereocenters. The summed E-state index contributed by atoms with van der Waals surface area (Å²) in [7, 11) is 0. The smallest absolute Gasteiger partial charge is 0.338 e. The molecule has 1 atom stereocenters. The van der Waals surface area contributed by atoms with Crippen LogP contribution in [0.25, 0.3) is 0 Å². The first-order valence-electron chi connectivity index (χ1n) is 8.01. The van der Waals surface area contributed by atoms with Crippen LogP contribution in [0.3, 0.4) is 0 Å². The maximum atomic E-state index is 12.5. The third-order valence-corrected chi connectivity index (χ3v) is 3.63. The van der Waals surface area contributed by atoms with Crippen molar-refractivity contribution in [1.29, 1.82) is 0 Å². The molecule has 0 fully saturated rings. The van der Waals surface area contributed by atoms with E-state index >= 15 is 0 Å². The minimum Gasteiger partial charge on any atom is -0.465 e. The van der Waals surface area contributed by atoms with E-state index in [2.05, 4.69) is 0 Å². The van der Waals surface area contributed by atoms with Crippen molar-refractivity contribution < 1.29 is 23.9 Å². The number of rotatable bonds is 7. The van der Waals surface area contributed by atoms with E-state index in [9.17, 15) is 14.4 Å². The van der Waals surface area contributed by atoms with Gasteiger partial charge in [0.25, 0.3) is 0 Å². The Bertz CT molecular complexity index is 752. The van der Waals surface area contributed by atoms with E-state index in [0.29, 0.717) is 5.56 Å². The van der Waals surface area contributed by atoms with Crippen molar-refractivity contribution >= 4 is 17.7 Å². The SMILES string of the molecule is CCOC(=O)C(C(C)=O)c1ccccc1C(=O)OCc1ccccc1. The Balaban J connectivity index is 2.25. The van der Waals surface area contributed by atoms with Gasteiger partial charge in [-0.15, -0.1) is 0 Å². The number of esters is 2. The van der Waals surface area contributed by atoms with Gasteiger partial charge in [-0.3, -0.25) is 9.59 Å². The third kappa shape index (κ3) is 4.76. The summed E-state index contributed by atoms with van der Waals surface area (Å²) >= 11 is 0. The quantitative estimate of drug-likeness (QED) is 0.571. The molecule has 2 aromatic carbocycles. The molecule has 0 saturated heterocycles. The van der Waals surface area contributed by atoms with E-state index in [0.717, 1.165) is 5.56 Å². The third-order valence-electron chi connectivity index (χ3n) is 3.63. The van der Waals surface area contributed by atoms with Gasteiger partial charge in [-0.2, -0.15) is 0 Å². The minimum absolute atomic E-state index is 0.109. The van der Waals surface area contributed by atoms with Crippen molar-refractivity contribution in [1.82, 2.24) is 0 Å². The van der Waals surface area contributed by atoms with E-state index in [-0.39, 0.29) is 24.6 Å². The first kappa shape index (κ1) is 18.4. The topological polar surface area (TPSA) is 69.7 Å². The highest BCUT2D eigenvalue weighted by Gasteiger charge is 2.30. The second kappa shape index (κ2) is 8.78. The lowest BCUT2D eigenvalue weighted by molar-refractivity contribution is -0.147. The standard InChI is InChI=1S/C20H20O5/c1-3-24-20(23)18(14(2)21)16-11-7-8-12-17(16)19(22)25-13-15-9-5-4-6-10-15/h4-12,18H,3,13H2,1-2H3. The Kier molecular flexibility index (Phi) is 6.46. The number of benzene rings is 2. The van der Waals surface area contributed by atoms with Gasteiger partial charge in [-0.05, 0) is 31.0 Å². The number of hydrogen-bond acceptors (Lipinski definition) is 5. The lowest BCUT2D eigenvalue weighted by Gasteiger charge is -2.16. The Morgan fingerprint density at radius 1 is 0.920 bits per heavy atom. The summed E-state index contributed by atoms with van der Waals surface area (Å²) in [5.74, 6) is -2.78. The molecule has 0 N–H and O–H groups in total. The fourth-order valence-electron chi connectivity index (χ4n) is 2.47. The zero-order valence-electron chi connectivity index (χ0n) is 14.2. The number of carbonyl (C=O) groups is 3. The highest BCUT2D eigenvalue weighted by atomic mass is 16.5. The van der Waals surface area contributed by atoms with Crippen LogP contribution in [0.5, 0.6) is 0 Å². The summed E-state index contributed by atoms with van der Waals surface area (Å²) in [5.41, 5.74) is 1.33. The zero-order chi connectivity index (χ0) is 18.2. The fourth-order valence-corrected chi connectivity index (χ4v) is 2.47. The summed E-state index contributed by atoms with van der Waals surface area (Å²) in [6.07, 6.45) is 0. The average molecular weight is 340 g/mol. The summed E-state index contributed by atoms with van der Waals surface area (Å²) < 4.78 is 10.3. The molecule has 0 bridgehead atoms. The molecule has 0 radical (unpaired) electrons. The number of ether oxygens (including phenoxy) is 2. The van der Waals surface area contributed by atoms with E-state index in [4.69, 9.17) is 9.47 Å². The van der Waals surface area contributed by atoms with Crippen molar-refractivity contribution in [2.75, 3.05) is 6.61 Å². The molecule has 0 aliphatic rings. The van der Waals surface area contributed by atoms with Gasteiger partial charge < -0.3 is 9.47 Å². The van der Waals surface area contributed by atoms with E-state index in [1.165, 1.54) is 13.0 Å². The molecule has 0 aliphatic carbocycles. The Morgan fingerprint density at radius 2 is 1.56 bits per heavy atom. The molecule has 25 heavy (non-hydrogen) atoms. The molecular formula is C20H20O5. The highest BCUT2D eigenvalue weighted by molar-refractivity contribution is 6.06. The van der Waals surface area contributed by atoms with Gasteiger partial charge in [-0.25, -0.2) is 4.79 Å². The number of ketones is 1. The van der Waals surface area contributed by atoms with Crippen molar-refractivity contribution in [2.24, 2.45) is 0 Å². The van der Waals surface area contributed by atoms with Crippen molar-refractivity contribution in [3.8, 4) is 0 Å². The highest BCUT2D eigenvalue weighted by Crippen LogP contribution is 2.24. The van der Waals surface area contributed by atoms with Gasteiger partial charge in [0.15, 0.2) is 0 Å². The average Bonchev–Trinajstić information content (AvgIpc) is 2.61. The summed E-state index contributed by atoms with van der Waals surface area (Å²) in [6.45, 7) is 3.23. The van der Waals surface area contributed by atoms with E-state index < -0.39 is 17.9 Å². The van der Waals surface area contributed by atoms with Gasteiger partial charge in [0.1, 0.15) is 18.3 Å². The van der Waals surface area contributed by atoms with Crippen LogP contribution in [0.1, 0.15) is 41.3 Å². The molecule has 0 spiro atoms. The monoisotopic (exact) mass is 340 g/mol. The van der Waals surface area contributed by atoms with Crippen molar-refractivity contribution in [3.63, 3.8) is 0 Å². The van der Waals surface area contributed by atoms with Gasteiger partial charge in [-0.1, -0.05) is 48.5 Å². The van der Waals surface area contributed by atoms with Crippen molar-refractivity contribution in [2.45, 2.75) is 26.4 Å². The van der Waals surface area contributed by atoms with Gasteiger partial charge in [0.2, 0.25) is 0 Å². The maximum Gasteiger partial charge on any atom is 0.338 e. The molecule has 0 aromatic heterocycles. The van der Waals surface area contributed by atoms with Gasteiger partial charge in [0, 0.05) is 0 Å². The Hall–Kier alpha value is -2.95. The van der Waals surface area contributed by atoms with E-state index in [1.807, 2.05) is 30.3 Å². The molecule has 2 aromatic rings. The van der Waals surface area contributed by atoms with Crippen LogP contribution in [0.4, 0.5) is 0 Å². The van der Waals surface area contributed by atoms with Crippen LogP contribution in [0.15, 0.2) is 54.6 Å². The van der Waals surface area contributed by atoms with Crippen LogP contribution in [0, 0.1) is 0 Å². The molecule has 0 amide bonds. The largest absolute Gasteiger partial charge is 0.465 e. The van der Waals surface area contributed by atoms with E-state index in [1.54, 1.807) is 25.1 Å². The van der Waals surface area contributed by atoms with Crippen LogP contribution in [-0.2, 0) is 25.7 Å². The summed E-state index contributed by atoms with van der Waals surface area (Å²) in [4.78, 5) is 36.6. The maximum absolute atomic E-state index is 12.5. The molecule has 2 rings (SSSR count). The molecule has 5 heteroatoms. The molecule has 0 heterocycles. The normalized spacial score (nSPS) is 11.4. The van der Waals surface area contributed by atoms with Crippen LogP contribution >= 0.6 is 0 Å². The lowest BCUT2D eigenvalue weighted by Crippen LogP contribution is -2.24. The predicted molar refractivity (Wildman–Crippen MR) is 92.1 cm³/mol. The molecule has 0 aliphatic heterocycles. The first-order chi connectivity index (χ1) is 12.0. The second-order valence-electron chi connectivity index (χ2n) is 5.44. The molecule has 5 nitrogen and oxygen atoms in total. The van der Waals surface area contributed by atoms with Crippen LogP contribution in [-0.4, -0.2) is 24.3 Å². The zero-order valence-corrected chi connectivity index (χ0v) is 14.2. The Morgan fingerprint density at radius 3 is 2.20 bits per heavy atom. The predicted octanol–water partition coefficient (Wildman–Crippen LogP) is 3.28. The Labute approximate surface area is 146 Å². The molecular weight excluding hydrogens is 320 g/mol. The summed E-state index contributed by atoms with van der Waals surface area (Å²) in [5, 5.41) is 0. The van der Waals surface area contributed by atoms with Gasteiger partial charge >= 0.3 is 11.9 Å². The van der Waals surface area contributed by atoms with Gasteiger partial charge in [0.05, 0.1) is 12.2 Å². The molecule has 0 saturated carbocycles. The van der Waals surface area contributed by atoms with Crippen LogP contribution in [0.2, 0.25) is 0 Å². The number of carbonyl (C=O) groups excluding carboxylic acids is 3.